The van der Waals surface area contributed by atoms with E-state index in [1.165, 1.54) is 19.3 Å². The lowest BCUT2D eigenvalue weighted by Crippen LogP contribution is -2.19. The number of aliphatic hydroxyl groups is 1. The summed E-state index contributed by atoms with van der Waals surface area (Å²) >= 11 is 0. The highest BCUT2D eigenvalue weighted by atomic mass is 16.3. The molecule has 1 rings (SSSR count). The van der Waals surface area contributed by atoms with Crippen molar-refractivity contribution in [1.82, 2.24) is 0 Å². The summed E-state index contributed by atoms with van der Waals surface area (Å²) in [7, 11) is 0. The standard InChI is InChI=1S/C9H16O/c1-7(2)9(10)6-8-4-3-5-8/h8-10H,1,3-6H2,2H3. The molecule has 0 aromatic rings. The van der Waals surface area contributed by atoms with E-state index in [4.69, 9.17) is 0 Å². The molecule has 0 bridgehead atoms. The molecule has 1 unspecified atom stereocenters. The monoisotopic (exact) mass is 140 g/mol. The highest BCUT2D eigenvalue weighted by Crippen LogP contribution is 2.31. The molecule has 1 fully saturated rings. The normalized spacial score (nSPS) is 21.8. The van der Waals surface area contributed by atoms with Gasteiger partial charge in [0, 0.05) is 0 Å². The molecule has 1 nitrogen and oxygen atoms in total. The van der Waals surface area contributed by atoms with Gasteiger partial charge in [-0.3, -0.25) is 0 Å². The topological polar surface area (TPSA) is 20.2 Å². The fraction of sp³-hybridized carbons (Fsp3) is 0.778. The van der Waals surface area contributed by atoms with Crippen LogP contribution in [0.4, 0.5) is 0 Å². The van der Waals surface area contributed by atoms with Crippen molar-refractivity contribution in [2.75, 3.05) is 0 Å². The molecule has 0 spiro atoms. The summed E-state index contributed by atoms with van der Waals surface area (Å²) in [5.41, 5.74) is 0.909. The van der Waals surface area contributed by atoms with Crippen molar-refractivity contribution in [2.45, 2.75) is 38.7 Å². The molecule has 0 saturated heterocycles. The molecular formula is C9H16O. The van der Waals surface area contributed by atoms with Gasteiger partial charge in [0.15, 0.2) is 0 Å². The van der Waals surface area contributed by atoms with Gasteiger partial charge >= 0.3 is 0 Å². The Bertz CT molecular complexity index is 125. The van der Waals surface area contributed by atoms with Crippen molar-refractivity contribution in [3.63, 3.8) is 0 Å². The molecule has 10 heavy (non-hydrogen) atoms. The van der Waals surface area contributed by atoms with Crippen LogP contribution in [0.1, 0.15) is 32.6 Å². The lowest BCUT2D eigenvalue weighted by molar-refractivity contribution is 0.146. The highest BCUT2D eigenvalue weighted by Gasteiger charge is 2.20. The van der Waals surface area contributed by atoms with E-state index >= 15 is 0 Å². The second kappa shape index (κ2) is 3.20. The molecule has 0 amide bonds. The molecule has 1 aliphatic carbocycles. The van der Waals surface area contributed by atoms with E-state index in [0.29, 0.717) is 0 Å². The fourth-order valence-corrected chi connectivity index (χ4v) is 1.25. The van der Waals surface area contributed by atoms with Crippen LogP contribution in [0.2, 0.25) is 0 Å². The van der Waals surface area contributed by atoms with Gasteiger partial charge in [0.05, 0.1) is 6.10 Å². The molecule has 58 valence electrons. The lowest BCUT2D eigenvalue weighted by Gasteiger charge is -2.27. The van der Waals surface area contributed by atoms with Gasteiger partial charge in [0.2, 0.25) is 0 Å². The predicted octanol–water partition coefficient (Wildman–Crippen LogP) is 2.11. The van der Waals surface area contributed by atoms with Crippen molar-refractivity contribution in [3.8, 4) is 0 Å². The van der Waals surface area contributed by atoms with Crippen LogP contribution in [0.3, 0.4) is 0 Å². The summed E-state index contributed by atoms with van der Waals surface area (Å²) in [5, 5.41) is 9.36. The first-order valence-corrected chi connectivity index (χ1v) is 4.03. The zero-order valence-electron chi connectivity index (χ0n) is 6.64. The average Bonchev–Trinajstić information content (AvgIpc) is 1.77. The third-order valence-corrected chi connectivity index (χ3v) is 2.35. The number of aliphatic hydroxyl groups excluding tert-OH is 1. The van der Waals surface area contributed by atoms with Gasteiger partial charge in [-0.1, -0.05) is 31.4 Å². The minimum absolute atomic E-state index is 0.245. The third-order valence-electron chi connectivity index (χ3n) is 2.35. The second-order valence-corrected chi connectivity index (χ2v) is 3.39. The van der Waals surface area contributed by atoms with Crippen molar-refractivity contribution in [2.24, 2.45) is 5.92 Å². The van der Waals surface area contributed by atoms with E-state index in [0.717, 1.165) is 17.9 Å². The third kappa shape index (κ3) is 1.84. The van der Waals surface area contributed by atoms with Crippen LogP contribution < -0.4 is 0 Å². The first-order chi connectivity index (χ1) is 4.70. The first-order valence-electron chi connectivity index (χ1n) is 4.03. The highest BCUT2D eigenvalue weighted by molar-refractivity contribution is 4.97. The quantitative estimate of drug-likeness (QED) is 0.595. The summed E-state index contributed by atoms with van der Waals surface area (Å²) in [6, 6.07) is 0. The average molecular weight is 140 g/mol. The van der Waals surface area contributed by atoms with Gasteiger partial charge in [-0.2, -0.15) is 0 Å². The number of hydrogen-bond acceptors (Lipinski definition) is 1. The van der Waals surface area contributed by atoms with E-state index in [-0.39, 0.29) is 6.10 Å². The van der Waals surface area contributed by atoms with Gasteiger partial charge in [0.1, 0.15) is 0 Å². The maximum Gasteiger partial charge on any atom is 0.0747 e. The van der Waals surface area contributed by atoms with Crippen LogP contribution in [0.15, 0.2) is 12.2 Å². The molecule has 0 aliphatic heterocycles. The van der Waals surface area contributed by atoms with Crippen LogP contribution in [0, 0.1) is 5.92 Å². The molecule has 1 saturated carbocycles. The van der Waals surface area contributed by atoms with Crippen molar-refractivity contribution >= 4 is 0 Å². The van der Waals surface area contributed by atoms with Crippen LogP contribution in [-0.4, -0.2) is 11.2 Å². The Morgan fingerprint density at radius 2 is 2.30 bits per heavy atom. The Morgan fingerprint density at radius 3 is 2.60 bits per heavy atom. The molecule has 0 aromatic heterocycles. The predicted molar refractivity (Wildman–Crippen MR) is 42.8 cm³/mol. The molecule has 1 aliphatic rings. The molecule has 0 radical (unpaired) electrons. The number of hydrogen-bond donors (Lipinski definition) is 1. The molecular weight excluding hydrogens is 124 g/mol. The van der Waals surface area contributed by atoms with E-state index in [1.54, 1.807) is 0 Å². The van der Waals surface area contributed by atoms with Crippen LogP contribution in [-0.2, 0) is 0 Å². The van der Waals surface area contributed by atoms with Gasteiger partial charge in [-0.05, 0) is 19.3 Å². The van der Waals surface area contributed by atoms with Gasteiger partial charge in [-0.25, -0.2) is 0 Å². The van der Waals surface area contributed by atoms with Crippen molar-refractivity contribution < 1.29 is 5.11 Å². The summed E-state index contributed by atoms with van der Waals surface area (Å²) in [6.45, 7) is 5.61. The lowest BCUT2D eigenvalue weighted by atomic mass is 9.80. The maximum absolute atomic E-state index is 9.36. The molecule has 0 heterocycles. The Hall–Kier alpha value is -0.300. The minimum atomic E-state index is -0.245. The molecule has 1 heteroatoms. The van der Waals surface area contributed by atoms with Crippen LogP contribution in [0.25, 0.3) is 0 Å². The van der Waals surface area contributed by atoms with Crippen molar-refractivity contribution in [1.29, 1.82) is 0 Å². The van der Waals surface area contributed by atoms with Gasteiger partial charge in [-0.15, -0.1) is 0 Å². The summed E-state index contributed by atoms with van der Waals surface area (Å²) in [6.07, 6.45) is 4.67. The zero-order valence-corrected chi connectivity index (χ0v) is 6.64. The smallest absolute Gasteiger partial charge is 0.0747 e. The largest absolute Gasteiger partial charge is 0.389 e. The second-order valence-electron chi connectivity index (χ2n) is 3.39. The summed E-state index contributed by atoms with van der Waals surface area (Å²) in [4.78, 5) is 0. The molecule has 1 N–H and O–H groups in total. The Kier molecular flexibility index (Phi) is 2.50. The minimum Gasteiger partial charge on any atom is -0.389 e. The fourth-order valence-electron chi connectivity index (χ4n) is 1.25. The van der Waals surface area contributed by atoms with Crippen LogP contribution >= 0.6 is 0 Å². The van der Waals surface area contributed by atoms with Gasteiger partial charge < -0.3 is 5.11 Å². The maximum atomic E-state index is 9.36. The molecule has 0 aromatic carbocycles. The van der Waals surface area contributed by atoms with E-state index in [1.807, 2.05) is 6.92 Å². The van der Waals surface area contributed by atoms with E-state index in [2.05, 4.69) is 6.58 Å². The zero-order chi connectivity index (χ0) is 7.56. The van der Waals surface area contributed by atoms with Crippen molar-refractivity contribution in [3.05, 3.63) is 12.2 Å². The Labute approximate surface area is 62.8 Å². The van der Waals surface area contributed by atoms with Crippen LogP contribution in [0.5, 0.6) is 0 Å². The number of rotatable bonds is 3. The van der Waals surface area contributed by atoms with E-state index < -0.39 is 0 Å². The molecule has 1 atom stereocenters. The van der Waals surface area contributed by atoms with Gasteiger partial charge in [0.25, 0.3) is 0 Å². The summed E-state index contributed by atoms with van der Waals surface area (Å²) < 4.78 is 0. The Morgan fingerprint density at radius 1 is 1.70 bits per heavy atom. The summed E-state index contributed by atoms with van der Waals surface area (Å²) in [5.74, 6) is 0.784. The first kappa shape index (κ1) is 7.80. The Balaban J connectivity index is 2.16. The van der Waals surface area contributed by atoms with E-state index in [9.17, 15) is 5.11 Å². The SMILES string of the molecule is C=C(C)C(O)CC1CCC1.